The van der Waals surface area contributed by atoms with E-state index in [0.29, 0.717) is 6.04 Å². The van der Waals surface area contributed by atoms with E-state index in [0.717, 1.165) is 37.6 Å². The molecular weight excluding hydrogens is 343 g/mol. The monoisotopic (exact) mass is 368 g/mol. The van der Waals surface area contributed by atoms with Gasteiger partial charge in [0.1, 0.15) is 12.5 Å². The minimum atomic E-state index is -0.195. The third kappa shape index (κ3) is 3.79. The fraction of sp³-hybridized carbons (Fsp3) is 0.400. The van der Waals surface area contributed by atoms with E-state index in [9.17, 15) is 4.39 Å². The SMILES string of the molecule is CC(C)N1CCN(N2C=CN(c3ccnnc3)C2)C(c2ccc(F)cc2)C1. The number of benzene rings is 1. The van der Waals surface area contributed by atoms with Crippen LogP contribution in [-0.4, -0.2) is 57.5 Å². The predicted octanol–water partition coefficient (Wildman–Crippen LogP) is 2.85. The van der Waals surface area contributed by atoms with Crippen molar-refractivity contribution >= 4 is 5.69 Å². The van der Waals surface area contributed by atoms with Gasteiger partial charge in [-0.15, -0.1) is 0 Å². The molecule has 3 heterocycles. The fourth-order valence-electron chi connectivity index (χ4n) is 3.73. The summed E-state index contributed by atoms with van der Waals surface area (Å²) in [5.41, 5.74) is 2.15. The lowest BCUT2D eigenvalue weighted by Gasteiger charge is -2.46. The van der Waals surface area contributed by atoms with Gasteiger partial charge in [0, 0.05) is 38.1 Å². The van der Waals surface area contributed by atoms with Crippen LogP contribution in [0.15, 0.2) is 55.1 Å². The van der Waals surface area contributed by atoms with Crippen LogP contribution in [0.25, 0.3) is 0 Å². The van der Waals surface area contributed by atoms with Crippen LogP contribution in [0.4, 0.5) is 10.1 Å². The Morgan fingerprint density at radius 1 is 1.04 bits per heavy atom. The largest absolute Gasteiger partial charge is 0.326 e. The van der Waals surface area contributed by atoms with Crippen molar-refractivity contribution in [1.29, 1.82) is 0 Å². The fourth-order valence-corrected chi connectivity index (χ4v) is 3.73. The third-order valence-corrected chi connectivity index (χ3v) is 5.31. The molecule has 0 bridgehead atoms. The lowest BCUT2D eigenvalue weighted by Crippen LogP contribution is -2.55. The van der Waals surface area contributed by atoms with Gasteiger partial charge in [-0.2, -0.15) is 10.2 Å². The van der Waals surface area contributed by atoms with Crippen molar-refractivity contribution in [1.82, 2.24) is 25.1 Å². The molecule has 0 spiro atoms. The standard InChI is InChI=1S/C20H25FN6/c1-16(2)24-10-12-27(20(14-24)17-3-5-18(21)6-4-17)26-11-9-25(15-26)19-7-8-22-23-13-19/h3-9,11,13,16,20H,10,12,14-15H2,1-2H3. The Morgan fingerprint density at radius 2 is 1.85 bits per heavy atom. The van der Waals surface area contributed by atoms with E-state index < -0.39 is 0 Å². The molecule has 6 nitrogen and oxygen atoms in total. The zero-order valence-corrected chi connectivity index (χ0v) is 15.7. The van der Waals surface area contributed by atoms with E-state index in [1.54, 1.807) is 24.5 Å². The first-order valence-electron chi connectivity index (χ1n) is 9.36. The van der Waals surface area contributed by atoms with Crippen molar-refractivity contribution in [3.63, 3.8) is 0 Å². The molecule has 2 aliphatic heterocycles. The summed E-state index contributed by atoms with van der Waals surface area (Å²) in [7, 11) is 0. The molecular formula is C20H25FN6. The minimum Gasteiger partial charge on any atom is -0.326 e. The molecule has 1 aromatic carbocycles. The molecule has 27 heavy (non-hydrogen) atoms. The quantitative estimate of drug-likeness (QED) is 0.826. The highest BCUT2D eigenvalue weighted by Crippen LogP contribution is 2.30. The maximum Gasteiger partial charge on any atom is 0.123 e. The predicted molar refractivity (Wildman–Crippen MR) is 103 cm³/mol. The first-order valence-corrected chi connectivity index (χ1v) is 9.36. The van der Waals surface area contributed by atoms with E-state index in [1.165, 1.54) is 0 Å². The van der Waals surface area contributed by atoms with E-state index in [1.807, 2.05) is 18.2 Å². The number of nitrogens with zero attached hydrogens (tertiary/aromatic N) is 6. The van der Waals surface area contributed by atoms with Crippen LogP contribution < -0.4 is 4.90 Å². The average Bonchev–Trinajstić information content (AvgIpc) is 3.19. The molecule has 1 aromatic heterocycles. The second-order valence-electron chi connectivity index (χ2n) is 7.27. The van der Waals surface area contributed by atoms with Gasteiger partial charge in [-0.05, 0) is 37.6 Å². The van der Waals surface area contributed by atoms with Crippen LogP contribution in [0, 0.1) is 5.82 Å². The first-order chi connectivity index (χ1) is 13.1. The van der Waals surface area contributed by atoms with Crippen LogP contribution in [0.2, 0.25) is 0 Å². The summed E-state index contributed by atoms with van der Waals surface area (Å²) in [6.45, 7) is 8.04. The van der Waals surface area contributed by atoms with Gasteiger partial charge in [-0.25, -0.2) is 9.40 Å². The van der Waals surface area contributed by atoms with Gasteiger partial charge < -0.3 is 4.90 Å². The van der Waals surface area contributed by atoms with Crippen molar-refractivity contribution in [2.75, 3.05) is 31.2 Å². The average molecular weight is 368 g/mol. The number of anilines is 1. The van der Waals surface area contributed by atoms with Gasteiger partial charge in [0.25, 0.3) is 0 Å². The van der Waals surface area contributed by atoms with Crippen molar-refractivity contribution in [2.24, 2.45) is 0 Å². The molecule has 2 aromatic rings. The highest BCUT2D eigenvalue weighted by Gasteiger charge is 2.33. The molecule has 1 unspecified atom stereocenters. The Labute approximate surface area is 159 Å². The highest BCUT2D eigenvalue weighted by molar-refractivity contribution is 5.47. The molecule has 7 heteroatoms. The molecule has 0 radical (unpaired) electrons. The highest BCUT2D eigenvalue weighted by atomic mass is 19.1. The normalized spacial score (nSPS) is 21.4. The number of aromatic nitrogens is 2. The third-order valence-electron chi connectivity index (χ3n) is 5.31. The maximum absolute atomic E-state index is 13.4. The molecule has 1 saturated heterocycles. The smallest absolute Gasteiger partial charge is 0.123 e. The van der Waals surface area contributed by atoms with Crippen molar-refractivity contribution in [3.05, 3.63) is 66.5 Å². The molecule has 1 fully saturated rings. The van der Waals surface area contributed by atoms with Crippen LogP contribution in [0.3, 0.4) is 0 Å². The Balaban J connectivity index is 1.55. The summed E-state index contributed by atoms with van der Waals surface area (Å²) in [6.07, 6.45) is 7.63. The van der Waals surface area contributed by atoms with Crippen molar-refractivity contribution < 1.29 is 4.39 Å². The summed E-state index contributed by atoms with van der Waals surface area (Å²) in [5, 5.41) is 12.4. The summed E-state index contributed by atoms with van der Waals surface area (Å²) in [5.74, 6) is -0.195. The van der Waals surface area contributed by atoms with Gasteiger partial charge in [-0.3, -0.25) is 9.91 Å². The van der Waals surface area contributed by atoms with Gasteiger partial charge in [-0.1, -0.05) is 12.1 Å². The van der Waals surface area contributed by atoms with Gasteiger partial charge in [0.05, 0.1) is 24.1 Å². The van der Waals surface area contributed by atoms with Gasteiger partial charge in [0.2, 0.25) is 0 Å². The summed E-state index contributed by atoms with van der Waals surface area (Å²) in [6, 6.07) is 9.54. The Morgan fingerprint density at radius 3 is 2.56 bits per heavy atom. The van der Waals surface area contributed by atoms with E-state index >= 15 is 0 Å². The zero-order chi connectivity index (χ0) is 18.8. The summed E-state index contributed by atoms with van der Waals surface area (Å²) >= 11 is 0. The molecule has 0 amide bonds. The summed E-state index contributed by atoms with van der Waals surface area (Å²) < 4.78 is 13.4. The number of hydrogen-bond donors (Lipinski definition) is 0. The topological polar surface area (TPSA) is 38.7 Å². The number of hydrogen-bond acceptors (Lipinski definition) is 6. The van der Waals surface area contributed by atoms with Crippen LogP contribution in [0.5, 0.6) is 0 Å². The second kappa shape index (κ2) is 7.62. The summed E-state index contributed by atoms with van der Waals surface area (Å²) in [4.78, 5) is 4.63. The first kappa shape index (κ1) is 17.9. The van der Waals surface area contributed by atoms with Gasteiger partial charge in [0.15, 0.2) is 0 Å². The van der Waals surface area contributed by atoms with Gasteiger partial charge >= 0.3 is 0 Å². The zero-order valence-electron chi connectivity index (χ0n) is 15.7. The number of piperazine rings is 1. The van der Waals surface area contributed by atoms with E-state index in [2.05, 4.69) is 56.3 Å². The lowest BCUT2D eigenvalue weighted by atomic mass is 10.0. The van der Waals surface area contributed by atoms with Crippen LogP contribution in [-0.2, 0) is 0 Å². The molecule has 1 atom stereocenters. The van der Waals surface area contributed by atoms with E-state index in [-0.39, 0.29) is 11.9 Å². The molecule has 0 N–H and O–H groups in total. The molecule has 4 rings (SSSR count). The minimum absolute atomic E-state index is 0.182. The molecule has 0 aliphatic carbocycles. The Hall–Kier alpha value is -2.51. The molecule has 0 saturated carbocycles. The number of hydrazine groups is 1. The Bertz CT molecular complexity index is 779. The number of halogens is 1. The van der Waals surface area contributed by atoms with Crippen molar-refractivity contribution in [3.8, 4) is 0 Å². The van der Waals surface area contributed by atoms with Crippen LogP contribution in [0.1, 0.15) is 25.5 Å². The lowest BCUT2D eigenvalue weighted by molar-refractivity contribution is -0.0675. The van der Waals surface area contributed by atoms with Crippen LogP contribution >= 0.6 is 0 Å². The molecule has 142 valence electrons. The Kier molecular flexibility index (Phi) is 5.05. The maximum atomic E-state index is 13.4. The molecule has 2 aliphatic rings. The second-order valence-corrected chi connectivity index (χ2v) is 7.27. The number of rotatable bonds is 4. The van der Waals surface area contributed by atoms with Crippen molar-refractivity contribution in [2.45, 2.75) is 25.9 Å². The van der Waals surface area contributed by atoms with E-state index in [4.69, 9.17) is 0 Å².